The Morgan fingerprint density at radius 3 is 2.41 bits per heavy atom. The predicted octanol–water partition coefficient (Wildman–Crippen LogP) is 1.64. The molecule has 4 nitrogen and oxygen atoms in total. The van der Waals surface area contributed by atoms with Crippen molar-refractivity contribution in [1.82, 2.24) is 5.32 Å². The molecule has 0 fully saturated rings. The van der Waals surface area contributed by atoms with Crippen molar-refractivity contribution in [3.8, 4) is 5.75 Å². The molecular weight excluding hydrogens is 218 g/mol. The fourth-order valence-corrected chi connectivity index (χ4v) is 1.40. The Morgan fingerprint density at radius 2 is 1.94 bits per heavy atom. The van der Waals surface area contributed by atoms with E-state index in [9.17, 15) is 9.90 Å². The monoisotopic (exact) mass is 237 g/mol. The van der Waals surface area contributed by atoms with Crippen molar-refractivity contribution in [2.75, 3.05) is 6.54 Å². The molecule has 94 valence electrons. The minimum atomic E-state index is -0.521. The van der Waals surface area contributed by atoms with Crippen LogP contribution in [-0.4, -0.2) is 23.7 Å². The van der Waals surface area contributed by atoms with Gasteiger partial charge in [0, 0.05) is 6.54 Å². The topological polar surface area (TPSA) is 58.6 Å². The summed E-state index contributed by atoms with van der Waals surface area (Å²) < 4.78 is 5.47. The van der Waals surface area contributed by atoms with Crippen molar-refractivity contribution in [2.45, 2.75) is 33.0 Å². The van der Waals surface area contributed by atoms with Crippen LogP contribution in [-0.2, 0) is 4.79 Å². The van der Waals surface area contributed by atoms with Crippen LogP contribution in [0.5, 0.6) is 5.75 Å². The molecule has 4 heteroatoms. The van der Waals surface area contributed by atoms with E-state index in [0.29, 0.717) is 12.3 Å². The van der Waals surface area contributed by atoms with Gasteiger partial charge in [-0.15, -0.1) is 0 Å². The van der Waals surface area contributed by atoms with Crippen LogP contribution in [0.3, 0.4) is 0 Å². The summed E-state index contributed by atoms with van der Waals surface area (Å²) in [5, 5.41) is 12.0. The molecule has 0 bridgehead atoms. The van der Waals surface area contributed by atoms with Gasteiger partial charge >= 0.3 is 0 Å². The number of hydrogen-bond donors (Lipinski definition) is 2. The Kier molecular flexibility index (Phi) is 4.97. The molecule has 0 aliphatic heterocycles. The van der Waals surface area contributed by atoms with E-state index >= 15 is 0 Å². The third-order valence-corrected chi connectivity index (χ3v) is 2.40. The average Bonchev–Trinajstić information content (AvgIpc) is 2.30. The van der Waals surface area contributed by atoms with Crippen molar-refractivity contribution in [3.05, 3.63) is 29.8 Å². The minimum Gasteiger partial charge on any atom is -0.481 e. The zero-order valence-corrected chi connectivity index (χ0v) is 10.4. The minimum absolute atomic E-state index is 0.132. The van der Waals surface area contributed by atoms with Gasteiger partial charge in [-0.1, -0.05) is 12.1 Å². The third-order valence-electron chi connectivity index (χ3n) is 2.40. The second-order valence-electron chi connectivity index (χ2n) is 3.90. The molecule has 0 radical (unpaired) electrons. The first-order chi connectivity index (χ1) is 8.04. The van der Waals surface area contributed by atoms with Gasteiger partial charge in [0.25, 0.3) is 5.91 Å². The number of aliphatic hydroxyl groups is 1. The normalized spacial score (nSPS) is 13.9. The second-order valence-corrected chi connectivity index (χ2v) is 3.90. The molecule has 1 amide bonds. The van der Waals surface area contributed by atoms with Gasteiger partial charge in [0.05, 0.1) is 6.10 Å². The molecule has 1 rings (SSSR count). The van der Waals surface area contributed by atoms with Crippen molar-refractivity contribution in [3.63, 3.8) is 0 Å². The summed E-state index contributed by atoms with van der Waals surface area (Å²) in [5.41, 5.74) is 0.822. The highest BCUT2D eigenvalue weighted by Gasteiger charge is 2.13. The van der Waals surface area contributed by atoms with E-state index in [-0.39, 0.29) is 5.91 Å². The van der Waals surface area contributed by atoms with Crippen molar-refractivity contribution >= 4 is 5.91 Å². The van der Waals surface area contributed by atoms with Crippen LogP contribution in [0.4, 0.5) is 0 Å². The number of amides is 1. The smallest absolute Gasteiger partial charge is 0.260 e. The zero-order valence-electron chi connectivity index (χ0n) is 10.4. The van der Waals surface area contributed by atoms with Crippen LogP contribution in [0.2, 0.25) is 0 Å². The van der Waals surface area contributed by atoms with E-state index in [1.54, 1.807) is 38.1 Å². The summed E-state index contributed by atoms with van der Waals surface area (Å²) in [6.45, 7) is 5.86. The second kappa shape index (κ2) is 6.25. The van der Waals surface area contributed by atoms with Gasteiger partial charge < -0.3 is 15.2 Å². The molecule has 0 aromatic heterocycles. The Labute approximate surface area is 102 Å². The molecule has 1 aromatic carbocycles. The number of rotatable bonds is 5. The standard InChI is InChI=1S/C13H19NO3/c1-4-14-13(16)10(3)17-12-7-5-11(6-8-12)9(2)15/h5-10,15H,4H2,1-3H3,(H,14,16)/t9-,10?/m1/s1. The van der Waals surface area contributed by atoms with Gasteiger partial charge in [-0.2, -0.15) is 0 Å². The molecule has 2 atom stereocenters. The largest absolute Gasteiger partial charge is 0.481 e. The maximum Gasteiger partial charge on any atom is 0.260 e. The number of carbonyl (C=O) groups excluding carboxylic acids is 1. The summed E-state index contributed by atoms with van der Waals surface area (Å²) in [4.78, 5) is 11.4. The van der Waals surface area contributed by atoms with Gasteiger partial charge in [0.15, 0.2) is 6.10 Å². The lowest BCUT2D eigenvalue weighted by Crippen LogP contribution is -2.36. The number of hydrogen-bond acceptors (Lipinski definition) is 3. The Bertz CT molecular complexity index is 359. The van der Waals surface area contributed by atoms with E-state index in [0.717, 1.165) is 5.56 Å². The number of benzene rings is 1. The number of ether oxygens (including phenoxy) is 1. The third kappa shape index (κ3) is 4.07. The lowest BCUT2D eigenvalue weighted by atomic mass is 10.1. The highest BCUT2D eigenvalue weighted by atomic mass is 16.5. The number of likely N-dealkylation sites (N-methyl/N-ethyl adjacent to an activating group) is 1. The van der Waals surface area contributed by atoms with Gasteiger partial charge in [-0.05, 0) is 38.5 Å². The molecule has 17 heavy (non-hydrogen) atoms. The molecule has 2 N–H and O–H groups in total. The average molecular weight is 237 g/mol. The first-order valence-corrected chi connectivity index (χ1v) is 5.77. The lowest BCUT2D eigenvalue weighted by molar-refractivity contribution is -0.127. The fourth-order valence-electron chi connectivity index (χ4n) is 1.40. The fraction of sp³-hybridized carbons (Fsp3) is 0.462. The van der Waals surface area contributed by atoms with Crippen LogP contribution >= 0.6 is 0 Å². The first-order valence-electron chi connectivity index (χ1n) is 5.77. The van der Waals surface area contributed by atoms with Crippen LogP contribution in [0.15, 0.2) is 24.3 Å². The quantitative estimate of drug-likeness (QED) is 0.818. The highest BCUT2D eigenvalue weighted by Crippen LogP contribution is 2.18. The molecule has 0 saturated carbocycles. The van der Waals surface area contributed by atoms with E-state index in [4.69, 9.17) is 4.74 Å². The molecule has 0 aliphatic rings. The molecule has 1 aromatic rings. The highest BCUT2D eigenvalue weighted by molar-refractivity contribution is 5.80. The van der Waals surface area contributed by atoms with Crippen LogP contribution in [0, 0.1) is 0 Å². The maximum absolute atomic E-state index is 11.4. The maximum atomic E-state index is 11.4. The van der Waals surface area contributed by atoms with Crippen molar-refractivity contribution in [2.24, 2.45) is 0 Å². The lowest BCUT2D eigenvalue weighted by Gasteiger charge is -2.14. The van der Waals surface area contributed by atoms with Crippen LogP contribution in [0.1, 0.15) is 32.4 Å². The van der Waals surface area contributed by atoms with Gasteiger partial charge in [-0.25, -0.2) is 0 Å². The summed E-state index contributed by atoms with van der Waals surface area (Å²) in [6.07, 6.45) is -1.02. The van der Waals surface area contributed by atoms with Crippen LogP contribution in [0.25, 0.3) is 0 Å². The summed E-state index contributed by atoms with van der Waals surface area (Å²) in [7, 11) is 0. The number of carbonyl (C=O) groups is 1. The Balaban J connectivity index is 2.60. The number of aliphatic hydroxyl groups excluding tert-OH is 1. The molecule has 0 aliphatic carbocycles. The Morgan fingerprint density at radius 1 is 1.35 bits per heavy atom. The van der Waals surface area contributed by atoms with E-state index in [2.05, 4.69) is 5.32 Å². The summed E-state index contributed by atoms with van der Waals surface area (Å²) in [6, 6.07) is 7.06. The zero-order chi connectivity index (χ0) is 12.8. The van der Waals surface area contributed by atoms with E-state index in [1.165, 1.54) is 0 Å². The first kappa shape index (κ1) is 13.5. The molecule has 0 heterocycles. The van der Waals surface area contributed by atoms with Gasteiger partial charge in [0.2, 0.25) is 0 Å². The van der Waals surface area contributed by atoms with E-state index in [1.807, 2.05) is 6.92 Å². The van der Waals surface area contributed by atoms with Crippen molar-refractivity contribution in [1.29, 1.82) is 0 Å². The molecule has 0 spiro atoms. The Hall–Kier alpha value is -1.55. The number of nitrogens with one attached hydrogen (secondary N) is 1. The molecule has 1 unspecified atom stereocenters. The molecule has 0 saturated heterocycles. The molecular formula is C13H19NO3. The summed E-state index contributed by atoms with van der Waals surface area (Å²) in [5.74, 6) is 0.486. The SMILES string of the molecule is CCNC(=O)C(C)Oc1ccc([C@@H](C)O)cc1. The van der Waals surface area contributed by atoms with Gasteiger partial charge in [0.1, 0.15) is 5.75 Å². The van der Waals surface area contributed by atoms with Crippen LogP contribution < -0.4 is 10.1 Å². The van der Waals surface area contributed by atoms with Gasteiger partial charge in [-0.3, -0.25) is 4.79 Å². The summed E-state index contributed by atoms with van der Waals surface area (Å²) >= 11 is 0. The van der Waals surface area contributed by atoms with Crippen molar-refractivity contribution < 1.29 is 14.6 Å². The van der Waals surface area contributed by atoms with E-state index < -0.39 is 12.2 Å². The predicted molar refractivity (Wildman–Crippen MR) is 65.8 cm³/mol.